The zero-order valence-corrected chi connectivity index (χ0v) is 13.6. The van der Waals surface area contributed by atoms with Gasteiger partial charge in [0.2, 0.25) is 11.8 Å². The first-order valence-corrected chi connectivity index (χ1v) is 7.82. The first kappa shape index (κ1) is 16.3. The molecule has 0 saturated carbocycles. The lowest BCUT2D eigenvalue weighted by atomic mass is 10.1. The molecular formula is C17H25N3O2. The number of likely N-dealkylation sites (tertiary alicyclic amines) is 1. The number of carbonyl (C=O) groups excluding carboxylic acids is 2. The molecular weight excluding hydrogens is 278 g/mol. The summed E-state index contributed by atoms with van der Waals surface area (Å²) >= 11 is 0. The molecule has 1 atom stereocenters. The van der Waals surface area contributed by atoms with Gasteiger partial charge in [-0.25, -0.2) is 0 Å². The number of likely N-dealkylation sites (N-methyl/N-ethyl adjacent to an activating group) is 1. The number of para-hydroxylation sites is 1. The minimum atomic E-state index is -0.211. The summed E-state index contributed by atoms with van der Waals surface area (Å²) in [5.74, 6) is -0.147. The SMILES string of the molecule is CC(C)N1C[C@H](C(=O)NCCN(C)c2ccccc2)CC1=O. The summed E-state index contributed by atoms with van der Waals surface area (Å²) in [7, 11) is 2.00. The van der Waals surface area contributed by atoms with E-state index in [4.69, 9.17) is 0 Å². The van der Waals surface area contributed by atoms with Gasteiger partial charge in [-0.1, -0.05) is 18.2 Å². The highest BCUT2D eigenvalue weighted by molar-refractivity contribution is 5.89. The van der Waals surface area contributed by atoms with Crippen LogP contribution < -0.4 is 10.2 Å². The zero-order valence-electron chi connectivity index (χ0n) is 13.6. The number of benzene rings is 1. The Morgan fingerprint density at radius 3 is 2.64 bits per heavy atom. The fourth-order valence-corrected chi connectivity index (χ4v) is 2.71. The molecule has 1 fully saturated rings. The molecule has 0 bridgehead atoms. The highest BCUT2D eigenvalue weighted by Crippen LogP contribution is 2.20. The lowest BCUT2D eigenvalue weighted by Crippen LogP contribution is -2.38. The van der Waals surface area contributed by atoms with Gasteiger partial charge in [-0.15, -0.1) is 0 Å². The molecule has 1 aliphatic rings. The third-order valence-corrected chi connectivity index (χ3v) is 4.10. The smallest absolute Gasteiger partial charge is 0.225 e. The standard InChI is InChI=1S/C17H25N3O2/c1-13(2)20-12-14(11-16(20)21)17(22)18-9-10-19(3)15-7-5-4-6-8-15/h4-8,13-14H,9-12H2,1-3H3,(H,18,22)/t14-/m1/s1. The van der Waals surface area contributed by atoms with Gasteiger partial charge in [0.15, 0.2) is 0 Å². The van der Waals surface area contributed by atoms with Crippen molar-refractivity contribution in [3.63, 3.8) is 0 Å². The maximum absolute atomic E-state index is 12.2. The molecule has 0 aromatic heterocycles. The molecule has 1 aromatic rings. The van der Waals surface area contributed by atoms with Gasteiger partial charge in [-0.2, -0.15) is 0 Å². The summed E-state index contributed by atoms with van der Waals surface area (Å²) in [6.07, 6.45) is 0.332. The van der Waals surface area contributed by atoms with Gasteiger partial charge in [-0.05, 0) is 26.0 Å². The quantitative estimate of drug-likeness (QED) is 0.866. The summed E-state index contributed by atoms with van der Waals surface area (Å²) in [5, 5.41) is 2.95. The molecule has 0 unspecified atom stereocenters. The Kier molecular flexibility index (Phi) is 5.41. The third kappa shape index (κ3) is 4.00. The molecule has 2 rings (SSSR count). The summed E-state index contributed by atoms with van der Waals surface area (Å²) < 4.78 is 0. The van der Waals surface area contributed by atoms with E-state index >= 15 is 0 Å². The Morgan fingerprint density at radius 1 is 1.36 bits per heavy atom. The first-order chi connectivity index (χ1) is 10.5. The van der Waals surface area contributed by atoms with Gasteiger partial charge in [0, 0.05) is 44.8 Å². The number of anilines is 1. The molecule has 5 heteroatoms. The molecule has 2 amide bonds. The van der Waals surface area contributed by atoms with E-state index in [2.05, 4.69) is 10.2 Å². The number of hydrogen-bond donors (Lipinski definition) is 1. The number of amides is 2. The summed E-state index contributed by atoms with van der Waals surface area (Å²) in [6.45, 7) is 5.82. The average Bonchev–Trinajstić information content (AvgIpc) is 2.90. The summed E-state index contributed by atoms with van der Waals surface area (Å²) in [4.78, 5) is 27.9. The number of nitrogens with zero attached hydrogens (tertiary/aromatic N) is 2. The fraction of sp³-hybridized carbons (Fsp3) is 0.529. The van der Waals surface area contributed by atoms with Crippen molar-refractivity contribution in [3.8, 4) is 0 Å². The molecule has 1 aromatic carbocycles. The Hall–Kier alpha value is -2.04. The van der Waals surface area contributed by atoms with E-state index in [1.165, 1.54) is 0 Å². The second-order valence-corrected chi connectivity index (χ2v) is 6.09. The van der Waals surface area contributed by atoms with Crippen molar-refractivity contribution in [3.05, 3.63) is 30.3 Å². The van der Waals surface area contributed by atoms with Crippen LogP contribution in [0, 0.1) is 5.92 Å². The van der Waals surface area contributed by atoms with Gasteiger partial charge in [-0.3, -0.25) is 9.59 Å². The van der Waals surface area contributed by atoms with Gasteiger partial charge in [0.1, 0.15) is 0 Å². The molecule has 120 valence electrons. The highest BCUT2D eigenvalue weighted by atomic mass is 16.2. The molecule has 22 heavy (non-hydrogen) atoms. The van der Waals surface area contributed by atoms with Crippen LogP contribution in [0.1, 0.15) is 20.3 Å². The number of carbonyl (C=O) groups is 2. The number of rotatable bonds is 6. The number of hydrogen-bond acceptors (Lipinski definition) is 3. The highest BCUT2D eigenvalue weighted by Gasteiger charge is 2.35. The van der Waals surface area contributed by atoms with Gasteiger partial charge in [0.25, 0.3) is 0 Å². The molecule has 1 heterocycles. The van der Waals surface area contributed by atoms with Gasteiger partial charge >= 0.3 is 0 Å². The predicted molar refractivity (Wildman–Crippen MR) is 87.7 cm³/mol. The molecule has 0 aliphatic carbocycles. The fourth-order valence-electron chi connectivity index (χ4n) is 2.71. The summed E-state index contributed by atoms with van der Waals surface area (Å²) in [5.41, 5.74) is 1.12. The van der Waals surface area contributed by atoms with Crippen LogP contribution in [0.15, 0.2) is 30.3 Å². The van der Waals surface area contributed by atoms with E-state index in [1.807, 2.05) is 51.2 Å². The van der Waals surface area contributed by atoms with Crippen molar-refractivity contribution in [1.29, 1.82) is 0 Å². The van der Waals surface area contributed by atoms with E-state index in [9.17, 15) is 9.59 Å². The summed E-state index contributed by atoms with van der Waals surface area (Å²) in [6, 6.07) is 10.2. The molecule has 0 radical (unpaired) electrons. The predicted octanol–water partition coefficient (Wildman–Crippen LogP) is 1.50. The van der Waals surface area contributed by atoms with E-state index < -0.39 is 0 Å². The van der Waals surface area contributed by atoms with Crippen molar-refractivity contribution in [2.24, 2.45) is 5.92 Å². The average molecular weight is 303 g/mol. The normalized spacial score (nSPS) is 17.9. The Bertz CT molecular complexity index is 516. The van der Waals surface area contributed by atoms with E-state index in [0.717, 1.165) is 12.2 Å². The monoisotopic (exact) mass is 303 g/mol. The van der Waals surface area contributed by atoms with Crippen molar-refractivity contribution >= 4 is 17.5 Å². The van der Waals surface area contributed by atoms with Crippen LogP contribution in [0.2, 0.25) is 0 Å². The van der Waals surface area contributed by atoms with Crippen LogP contribution in [-0.2, 0) is 9.59 Å². The van der Waals surface area contributed by atoms with Crippen molar-refractivity contribution in [1.82, 2.24) is 10.2 Å². The van der Waals surface area contributed by atoms with E-state index in [-0.39, 0.29) is 23.8 Å². The lowest BCUT2D eigenvalue weighted by Gasteiger charge is -2.21. The van der Waals surface area contributed by atoms with Gasteiger partial charge in [0.05, 0.1) is 5.92 Å². The van der Waals surface area contributed by atoms with Crippen molar-refractivity contribution in [2.45, 2.75) is 26.3 Å². The Balaban J connectivity index is 1.76. The Morgan fingerprint density at radius 2 is 2.05 bits per heavy atom. The Labute approximate surface area is 132 Å². The topological polar surface area (TPSA) is 52.7 Å². The van der Waals surface area contributed by atoms with Crippen LogP contribution in [0.5, 0.6) is 0 Å². The van der Waals surface area contributed by atoms with Crippen LogP contribution >= 0.6 is 0 Å². The van der Waals surface area contributed by atoms with E-state index in [1.54, 1.807) is 4.90 Å². The largest absolute Gasteiger partial charge is 0.373 e. The molecule has 0 spiro atoms. The maximum Gasteiger partial charge on any atom is 0.225 e. The first-order valence-electron chi connectivity index (χ1n) is 7.82. The molecule has 1 saturated heterocycles. The second-order valence-electron chi connectivity index (χ2n) is 6.09. The van der Waals surface area contributed by atoms with Crippen LogP contribution in [-0.4, -0.2) is 49.4 Å². The zero-order chi connectivity index (χ0) is 16.1. The van der Waals surface area contributed by atoms with Crippen LogP contribution in [0.4, 0.5) is 5.69 Å². The number of nitrogens with one attached hydrogen (secondary N) is 1. The van der Waals surface area contributed by atoms with Crippen LogP contribution in [0.25, 0.3) is 0 Å². The van der Waals surface area contributed by atoms with Crippen molar-refractivity contribution in [2.75, 3.05) is 31.6 Å². The van der Waals surface area contributed by atoms with Crippen LogP contribution in [0.3, 0.4) is 0 Å². The maximum atomic E-state index is 12.2. The second kappa shape index (κ2) is 7.29. The molecule has 1 aliphatic heterocycles. The molecule has 1 N–H and O–H groups in total. The minimum absolute atomic E-state index is 0.0158. The lowest BCUT2D eigenvalue weighted by molar-refractivity contribution is -0.129. The minimum Gasteiger partial charge on any atom is -0.373 e. The van der Waals surface area contributed by atoms with Gasteiger partial charge < -0.3 is 15.1 Å². The van der Waals surface area contributed by atoms with E-state index in [0.29, 0.717) is 19.5 Å². The van der Waals surface area contributed by atoms with Crippen molar-refractivity contribution < 1.29 is 9.59 Å². The third-order valence-electron chi connectivity index (χ3n) is 4.10. The molecule has 5 nitrogen and oxygen atoms in total.